The molecule has 7 nitrogen and oxygen atoms in total. The van der Waals surface area contributed by atoms with Crippen LogP contribution in [0.15, 0.2) is 55.0 Å². The molecule has 4 rings (SSSR count). The van der Waals surface area contributed by atoms with E-state index in [4.69, 9.17) is 4.74 Å². The van der Waals surface area contributed by atoms with Crippen LogP contribution in [-0.2, 0) is 5.60 Å². The van der Waals surface area contributed by atoms with Crippen LogP contribution in [0.4, 0.5) is 4.39 Å². The molecule has 172 valence electrons. The maximum atomic E-state index is 14.8. The Kier molecular flexibility index (Phi) is 6.37. The molecule has 2 unspecified atom stereocenters. The van der Waals surface area contributed by atoms with E-state index in [-0.39, 0.29) is 35.0 Å². The molecule has 1 aliphatic heterocycles. The summed E-state index contributed by atoms with van der Waals surface area (Å²) in [6.45, 7) is 5.63. The first-order chi connectivity index (χ1) is 15.8. The number of hydrogen-bond donors (Lipinski definition) is 1. The predicted molar refractivity (Wildman–Crippen MR) is 121 cm³/mol. The van der Waals surface area contributed by atoms with E-state index in [9.17, 15) is 14.3 Å². The molecular weight excluding hydrogens is 423 g/mol. The second kappa shape index (κ2) is 9.23. The average Bonchev–Trinajstić information content (AvgIpc) is 2.80. The lowest BCUT2D eigenvalue weighted by molar-refractivity contribution is 0.0326. The van der Waals surface area contributed by atoms with Gasteiger partial charge < -0.3 is 14.7 Å². The SMILES string of the molecule is CC1CCC(Oc2ncccc2C(C)(C)O)CN1C(=O)c1cccc(F)c1-c1ncccn1. The number of aliphatic hydroxyl groups is 1. The Hall–Kier alpha value is -3.39. The van der Waals surface area contributed by atoms with Crippen LogP contribution in [0, 0.1) is 5.82 Å². The van der Waals surface area contributed by atoms with Crippen molar-refractivity contribution in [2.45, 2.75) is 51.4 Å². The molecular formula is C25H27FN4O3. The Morgan fingerprint density at radius 2 is 1.82 bits per heavy atom. The van der Waals surface area contributed by atoms with Crippen LogP contribution in [-0.4, -0.2) is 49.6 Å². The molecule has 0 bridgehead atoms. The predicted octanol–water partition coefficient (Wildman–Crippen LogP) is 3.98. The number of pyridine rings is 1. The summed E-state index contributed by atoms with van der Waals surface area (Å²) < 4.78 is 20.9. The van der Waals surface area contributed by atoms with Crippen molar-refractivity contribution in [1.82, 2.24) is 19.9 Å². The zero-order valence-corrected chi connectivity index (χ0v) is 18.9. The lowest BCUT2D eigenvalue weighted by Gasteiger charge is -2.38. The number of piperidine rings is 1. The second-order valence-corrected chi connectivity index (χ2v) is 8.77. The highest BCUT2D eigenvalue weighted by atomic mass is 19.1. The summed E-state index contributed by atoms with van der Waals surface area (Å²) >= 11 is 0. The van der Waals surface area contributed by atoms with Crippen LogP contribution < -0.4 is 4.74 Å². The van der Waals surface area contributed by atoms with Crippen molar-refractivity contribution in [2.24, 2.45) is 0 Å². The van der Waals surface area contributed by atoms with Gasteiger partial charge in [0.1, 0.15) is 11.9 Å². The van der Waals surface area contributed by atoms with E-state index in [2.05, 4.69) is 15.0 Å². The minimum Gasteiger partial charge on any atom is -0.472 e. The Bertz CT molecular complexity index is 1130. The van der Waals surface area contributed by atoms with Gasteiger partial charge in [0.25, 0.3) is 5.91 Å². The number of amides is 1. The molecule has 33 heavy (non-hydrogen) atoms. The number of likely N-dealkylation sites (tertiary alicyclic amines) is 1. The molecule has 1 fully saturated rings. The molecule has 0 radical (unpaired) electrons. The van der Waals surface area contributed by atoms with Gasteiger partial charge >= 0.3 is 0 Å². The number of rotatable bonds is 5. The lowest BCUT2D eigenvalue weighted by Crippen LogP contribution is -2.49. The molecule has 3 aromatic rings. The first-order valence-electron chi connectivity index (χ1n) is 11.0. The van der Waals surface area contributed by atoms with E-state index in [0.29, 0.717) is 24.4 Å². The monoisotopic (exact) mass is 450 g/mol. The third-order valence-electron chi connectivity index (χ3n) is 5.84. The van der Waals surface area contributed by atoms with E-state index >= 15 is 0 Å². The highest BCUT2D eigenvalue weighted by Crippen LogP contribution is 2.31. The van der Waals surface area contributed by atoms with E-state index in [1.54, 1.807) is 49.2 Å². The topological polar surface area (TPSA) is 88.4 Å². The Labute approximate surface area is 192 Å². The van der Waals surface area contributed by atoms with Gasteiger partial charge in [0, 0.05) is 30.2 Å². The molecule has 1 saturated heterocycles. The minimum atomic E-state index is -1.12. The van der Waals surface area contributed by atoms with E-state index < -0.39 is 11.4 Å². The third kappa shape index (κ3) is 4.85. The van der Waals surface area contributed by atoms with E-state index in [1.807, 2.05) is 6.92 Å². The van der Waals surface area contributed by atoms with Gasteiger partial charge in [-0.25, -0.2) is 19.3 Å². The fourth-order valence-electron chi connectivity index (χ4n) is 4.07. The van der Waals surface area contributed by atoms with Crippen LogP contribution >= 0.6 is 0 Å². The van der Waals surface area contributed by atoms with Gasteiger partial charge in [-0.15, -0.1) is 0 Å². The quantitative estimate of drug-likeness (QED) is 0.633. The molecule has 2 atom stereocenters. The molecule has 1 N–H and O–H groups in total. The van der Waals surface area contributed by atoms with Crippen LogP contribution in [0.25, 0.3) is 11.4 Å². The Morgan fingerprint density at radius 3 is 2.55 bits per heavy atom. The fourth-order valence-corrected chi connectivity index (χ4v) is 4.07. The lowest BCUT2D eigenvalue weighted by atomic mass is 9.97. The van der Waals surface area contributed by atoms with Crippen molar-refractivity contribution in [1.29, 1.82) is 0 Å². The smallest absolute Gasteiger partial charge is 0.255 e. The van der Waals surface area contributed by atoms with Crippen molar-refractivity contribution < 1.29 is 19.0 Å². The van der Waals surface area contributed by atoms with Gasteiger partial charge in [-0.1, -0.05) is 6.07 Å². The van der Waals surface area contributed by atoms with Gasteiger partial charge in [-0.3, -0.25) is 4.79 Å². The zero-order valence-electron chi connectivity index (χ0n) is 18.9. The summed E-state index contributed by atoms with van der Waals surface area (Å²) in [5.74, 6) is -0.338. The molecule has 0 saturated carbocycles. The van der Waals surface area contributed by atoms with Crippen LogP contribution in [0.1, 0.15) is 49.5 Å². The summed E-state index contributed by atoms with van der Waals surface area (Å²) in [7, 11) is 0. The van der Waals surface area contributed by atoms with Crippen molar-refractivity contribution >= 4 is 5.91 Å². The zero-order chi connectivity index (χ0) is 23.6. The first kappa shape index (κ1) is 22.8. The fraction of sp³-hybridized carbons (Fsp3) is 0.360. The Morgan fingerprint density at radius 1 is 1.09 bits per heavy atom. The molecule has 3 heterocycles. The molecule has 1 amide bonds. The van der Waals surface area contributed by atoms with Gasteiger partial charge in [0.15, 0.2) is 5.82 Å². The summed E-state index contributed by atoms with van der Waals surface area (Å²) in [6.07, 6.45) is 5.77. The van der Waals surface area contributed by atoms with Gasteiger partial charge in [-0.05, 0) is 63.9 Å². The van der Waals surface area contributed by atoms with Gasteiger partial charge in [-0.2, -0.15) is 0 Å². The number of ether oxygens (including phenoxy) is 1. The van der Waals surface area contributed by atoms with Gasteiger partial charge in [0.05, 0.1) is 23.3 Å². The highest BCUT2D eigenvalue weighted by Gasteiger charge is 2.34. The van der Waals surface area contributed by atoms with Crippen molar-refractivity contribution in [3.8, 4) is 17.3 Å². The summed E-state index contributed by atoms with van der Waals surface area (Å²) in [6, 6.07) is 9.52. The van der Waals surface area contributed by atoms with Crippen LogP contribution in [0.2, 0.25) is 0 Å². The minimum absolute atomic E-state index is 0.0531. The van der Waals surface area contributed by atoms with Crippen molar-refractivity contribution in [3.05, 3.63) is 71.9 Å². The Balaban J connectivity index is 1.61. The summed E-state index contributed by atoms with van der Waals surface area (Å²) in [5.41, 5.74) is -0.237. The number of nitrogens with zero attached hydrogens (tertiary/aromatic N) is 4. The van der Waals surface area contributed by atoms with Crippen molar-refractivity contribution in [2.75, 3.05) is 6.54 Å². The van der Waals surface area contributed by atoms with E-state index in [0.717, 1.165) is 6.42 Å². The standard InChI is InChI=1S/C25H27FN4O3/c1-16-10-11-17(33-23-19(25(2,3)32)8-5-12-29-23)15-30(16)24(31)18-7-4-9-20(26)21(18)22-27-13-6-14-28-22/h4-9,12-14,16-17,32H,10-11,15H2,1-3H3. The third-order valence-corrected chi connectivity index (χ3v) is 5.84. The molecule has 1 aliphatic rings. The molecule has 1 aromatic carbocycles. The molecule has 0 spiro atoms. The van der Waals surface area contributed by atoms with Crippen molar-refractivity contribution in [3.63, 3.8) is 0 Å². The first-order valence-corrected chi connectivity index (χ1v) is 11.0. The maximum absolute atomic E-state index is 14.8. The molecule has 0 aliphatic carbocycles. The van der Waals surface area contributed by atoms with E-state index in [1.165, 1.54) is 24.5 Å². The number of aromatic nitrogens is 3. The second-order valence-electron chi connectivity index (χ2n) is 8.77. The number of carbonyl (C=O) groups excluding carboxylic acids is 1. The van der Waals surface area contributed by atoms with Crippen LogP contribution in [0.3, 0.4) is 0 Å². The average molecular weight is 451 g/mol. The summed E-state index contributed by atoms with van der Waals surface area (Å²) in [5, 5.41) is 10.5. The number of benzene rings is 1. The number of hydrogen-bond acceptors (Lipinski definition) is 6. The normalized spacial score (nSPS) is 18.8. The highest BCUT2D eigenvalue weighted by molar-refractivity contribution is 6.00. The van der Waals surface area contributed by atoms with Crippen LogP contribution in [0.5, 0.6) is 5.88 Å². The number of halogens is 1. The number of carbonyl (C=O) groups is 1. The molecule has 2 aromatic heterocycles. The summed E-state index contributed by atoms with van der Waals surface area (Å²) in [4.78, 5) is 27.9. The largest absolute Gasteiger partial charge is 0.472 e. The van der Waals surface area contributed by atoms with Gasteiger partial charge in [0.2, 0.25) is 5.88 Å². The molecule has 8 heteroatoms. The maximum Gasteiger partial charge on any atom is 0.255 e.